The van der Waals surface area contributed by atoms with E-state index in [2.05, 4.69) is 60.9 Å². The van der Waals surface area contributed by atoms with Crippen LogP contribution in [0.4, 0.5) is 5.69 Å². The Balaban J connectivity index is 0.00000225. The molecule has 1 aromatic rings. The molecule has 140 valence electrons. The van der Waals surface area contributed by atoms with Crippen LogP contribution in [-0.4, -0.2) is 37.6 Å². The number of halogens is 1. The van der Waals surface area contributed by atoms with Crippen LogP contribution in [0, 0.1) is 5.41 Å². The minimum atomic E-state index is 0. The number of hydrogen-bond acceptors (Lipinski definition) is 2. The topological polar surface area (TPSA) is 6.48 Å². The average Bonchev–Trinajstić information content (AvgIpc) is 2.60. The third-order valence-corrected chi connectivity index (χ3v) is 5.76. The molecule has 0 bridgehead atoms. The first-order valence-corrected chi connectivity index (χ1v) is 9.85. The van der Waals surface area contributed by atoms with Crippen LogP contribution in [0.25, 0.3) is 5.57 Å². The van der Waals surface area contributed by atoms with Crippen LogP contribution in [0.15, 0.2) is 30.3 Å². The Bertz CT molecular complexity index is 571. The molecule has 3 heteroatoms. The lowest BCUT2D eigenvalue weighted by molar-refractivity contribution is 0.254. The quantitative estimate of drug-likeness (QED) is 0.670. The van der Waals surface area contributed by atoms with Gasteiger partial charge in [0.1, 0.15) is 0 Å². The molecule has 1 aromatic carbocycles. The van der Waals surface area contributed by atoms with Gasteiger partial charge in [0.2, 0.25) is 0 Å². The maximum absolute atomic E-state index is 2.63. The van der Waals surface area contributed by atoms with Gasteiger partial charge in [0.25, 0.3) is 0 Å². The first kappa shape index (κ1) is 20.3. The van der Waals surface area contributed by atoms with Crippen molar-refractivity contribution in [1.29, 1.82) is 0 Å². The van der Waals surface area contributed by atoms with E-state index in [1.54, 1.807) is 5.57 Å². The van der Waals surface area contributed by atoms with Crippen molar-refractivity contribution in [2.45, 2.75) is 52.9 Å². The van der Waals surface area contributed by atoms with E-state index in [9.17, 15) is 0 Å². The Morgan fingerprint density at radius 2 is 1.76 bits per heavy atom. The molecule has 1 heterocycles. The number of rotatable bonds is 5. The third-order valence-electron chi connectivity index (χ3n) is 5.76. The molecule has 1 fully saturated rings. The minimum Gasteiger partial charge on any atom is -0.368 e. The second kappa shape index (κ2) is 9.09. The van der Waals surface area contributed by atoms with Crippen LogP contribution in [0.3, 0.4) is 0 Å². The monoisotopic (exact) mass is 362 g/mol. The van der Waals surface area contributed by atoms with Crippen molar-refractivity contribution in [3.63, 3.8) is 0 Å². The number of benzene rings is 1. The highest BCUT2D eigenvalue weighted by molar-refractivity contribution is 5.85. The zero-order valence-electron chi connectivity index (χ0n) is 16.3. The second-order valence-corrected chi connectivity index (χ2v) is 8.30. The molecule has 0 spiro atoms. The summed E-state index contributed by atoms with van der Waals surface area (Å²) in [6.45, 7) is 13.1. The van der Waals surface area contributed by atoms with E-state index in [-0.39, 0.29) is 12.4 Å². The van der Waals surface area contributed by atoms with Gasteiger partial charge in [-0.05, 0) is 49.3 Å². The summed E-state index contributed by atoms with van der Waals surface area (Å²) in [4.78, 5) is 5.24. The molecule has 0 amide bonds. The van der Waals surface area contributed by atoms with Crippen molar-refractivity contribution >= 4 is 23.7 Å². The minimum absolute atomic E-state index is 0. The summed E-state index contributed by atoms with van der Waals surface area (Å²) in [6.07, 6.45) is 8.87. The fourth-order valence-corrected chi connectivity index (χ4v) is 3.94. The fourth-order valence-electron chi connectivity index (χ4n) is 3.94. The lowest BCUT2D eigenvalue weighted by Gasteiger charge is -2.38. The number of para-hydroxylation sites is 1. The summed E-state index contributed by atoms with van der Waals surface area (Å²) >= 11 is 0. The van der Waals surface area contributed by atoms with Crippen molar-refractivity contribution in [3.05, 3.63) is 35.9 Å². The molecule has 2 aliphatic rings. The second-order valence-electron chi connectivity index (χ2n) is 8.30. The van der Waals surface area contributed by atoms with Gasteiger partial charge in [-0.2, -0.15) is 0 Å². The van der Waals surface area contributed by atoms with Gasteiger partial charge in [-0.1, -0.05) is 51.5 Å². The van der Waals surface area contributed by atoms with Crippen molar-refractivity contribution in [1.82, 2.24) is 4.90 Å². The normalized spacial score (nSPS) is 20.8. The van der Waals surface area contributed by atoms with Gasteiger partial charge in [0.05, 0.1) is 0 Å². The highest BCUT2D eigenvalue weighted by atomic mass is 35.5. The third kappa shape index (κ3) is 5.24. The van der Waals surface area contributed by atoms with E-state index in [0.29, 0.717) is 5.41 Å². The summed E-state index contributed by atoms with van der Waals surface area (Å²) in [5.41, 5.74) is 4.98. The van der Waals surface area contributed by atoms with E-state index in [4.69, 9.17) is 0 Å². The maximum Gasteiger partial charge on any atom is 0.0443 e. The molecule has 0 unspecified atom stereocenters. The molecule has 0 radical (unpaired) electrons. The van der Waals surface area contributed by atoms with Crippen molar-refractivity contribution < 1.29 is 0 Å². The molecule has 25 heavy (non-hydrogen) atoms. The molecular weight excluding hydrogens is 328 g/mol. The number of allylic oxidation sites excluding steroid dienone is 2. The Hall–Kier alpha value is -0.990. The van der Waals surface area contributed by atoms with E-state index in [1.165, 1.54) is 76.1 Å². The van der Waals surface area contributed by atoms with E-state index in [0.717, 1.165) is 0 Å². The SMILES string of the molecule is CCCCN1CCN(c2ccccc2C2=CCC(C)(C)CC2)CC1.Cl. The molecule has 3 rings (SSSR count). The lowest BCUT2D eigenvalue weighted by atomic mass is 9.77. The van der Waals surface area contributed by atoms with Gasteiger partial charge in [0.15, 0.2) is 0 Å². The molecule has 0 N–H and O–H groups in total. The average molecular weight is 363 g/mol. The van der Waals surface area contributed by atoms with Gasteiger partial charge in [0, 0.05) is 37.4 Å². The van der Waals surface area contributed by atoms with E-state index < -0.39 is 0 Å². The molecule has 1 saturated heterocycles. The van der Waals surface area contributed by atoms with Crippen LogP contribution < -0.4 is 4.90 Å². The number of nitrogens with zero attached hydrogens (tertiary/aromatic N) is 2. The Labute approximate surface area is 160 Å². The molecule has 0 saturated carbocycles. The highest BCUT2D eigenvalue weighted by Gasteiger charge is 2.24. The number of hydrogen-bond donors (Lipinski definition) is 0. The Morgan fingerprint density at radius 3 is 2.40 bits per heavy atom. The van der Waals surface area contributed by atoms with Crippen LogP contribution in [0.5, 0.6) is 0 Å². The van der Waals surface area contributed by atoms with Gasteiger partial charge >= 0.3 is 0 Å². The number of piperazine rings is 1. The van der Waals surface area contributed by atoms with Crippen LogP contribution in [-0.2, 0) is 0 Å². The Kier molecular flexibility index (Phi) is 7.39. The fraction of sp³-hybridized carbons (Fsp3) is 0.636. The largest absolute Gasteiger partial charge is 0.368 e. The zero-order chi connectivity index (χ0) is 17.0. The molecular formula is C22H35ClN2. The predicted molar refractivity (Wildman–Crippen MR) is 113 cm³/mol. The first-order chi connectivity index (χ1) is 11.6. The van der Waals surface area contributed by atoms with Gasteiger partial charge in [-0.15, -0.1) is 12.4 Å². The zero-order valence-corrected chi connectivity index (χ0v) is 17.1. The number of anilines is 1. The van der Waals surface area contributed by atoms with E-state index >= 15 is 0 Å². The summed E-state index contributed by atoms with van der Waals surface area (Å²) in [5.74, 6) is 0. The summed E-state index contributed by atoms with van der Waals surface area (Å²) in [5, 5.41) is 0. The van der Waals surface area contributed by atoms with Crippen molar-refractivity contribution in [2.75, 3.05) is 37.6 Å². The molecule has 2 nitrogen and oxygen atoms in total. The summed E-state index contributed by atoms with van der Waals surface area (Å²) < 4.78 is 0. The lowest BCUT2D eigenvalue weighted by Crippen LogP contribution is -2.46. The van der Waals surface area contributed by atoms with Crippen molar-refractivity contribution in [3.8, 4) is 0 Å². The summed E-state index contributed by atoms with van der Waals surface area (Å²) in [7, 11) is 0. The van der Waals surface area contributed by atoms with Crippen molar-refractivity contribution in [2.24, 2.45) is 5.41 Å². The summed E-state index contributed by atoms with van der Waals surface area (Å²) in [6, 6.07) is 9.08. The predicted octanol–water partition coefficient (Wildman–Crippen LogP) is 5.62. The van der Waals surface area contributed by atoms with Crippen LogP contribution in [0.2, 0.25) is 0 Å². The van der Waals surface area contributed by atoms with Gasteiger partial charge in [-0.25, -0.2) is 0 Å². The highest BCUT2D eigenvalue weighted by Crippen LogP contribution is 2.40. The maximum atomic E-state index is 2.63. The molecule has 1 aliphatic carbocycles. The molecule has 0 aromatic heterocycles. The molecule has 1 aliphatic heterocycles. The van der Waals surface area contributed by atoms with Crippen LogP contribution in [0.1, 0.15) is 58.4 Å². The van der Waals surface area contributed by atoms with Gasteiger partial charge in [-0.3, -0.25) is 4.90 Å². The molecule has 0 atom stereocenters. The Morgan fingerprint density at radius 1 is 1.04 bits per heavy atom. The van der Waals surface area contributed by atoms with Crippen LogP contribution >= 0.6 is 12.4 Å². The van der Waals surface area contributed by atoms with E-state index in [1.807, 2.05) is 0 Å². The van der Waals surface area contributed by atoms with Gasteiger partial charge < -0.3 is 4.90 Å². The first-order valence-electron chi connectivity index (χ1n) is 9.85. The standard InChI is InChI=1S/C22H34N2.ClH/c1-4-5-14-23-15-17-24(18-16-23)21-9-7-6-8-20(21)19-10-12-22(2,3)13-11-19;/h6-10H,4-5,11-18H2,1-3H3;1H. The number of unbranched alkanes of at least 4 members (excludes halogenated alkanes) is 1. The smallest absolute Gasteiger partial charge is 0.0443 e.